The Bertz CT molecular complexity index is 1560. The van der Waals surface area contributed by atoms with Gasteiger partial charge in [-0.05, 0) is 42.3 Å². The maximum atomic E-state index is 12.9. The Morgan fingerprint density at radius 2 is 1.60 bits per heavy atom. The number of aryl methyl sites for hydroxylation is 1. The van der Waals surface area contributed by atoms with E-state index in [1.54, 1.807) is 25.1 Å². The minimum Gasteiger partial charge on any atom is -0.475 e. The summed E-state index contributed by atoms with van der Waals surface area (Å²) in [7, 11) is -4.04. The van der Waals surface area contributed by atoms with Crippen LogP contribution in [0.25, 0.3) is 11.1 Å². The van der Waals surface area contributed by atoms with Gasteiger partial charge >= 0.3 is 12.1 Å². The van der Waals surface area contributed by atoms with E-state index in [1.165, 1.54) is 22.8 Å². The van der Waals surface area contributed by atoms with Crippen LogP contribution in [0, 0.1) is 12.3 Å². The minimum atomic E-state index is -5.08. The number of carboxylic acid groups (broad SMARTS) is 1. The van der Waals surface area contributed by atoms with Gasteiger partial charge in [0.2, 0.25) is 11.9 Å². The molecule has 1 heterocycles. The number of halogens is 3. The third-order valence-corrected chi connectivity index (χ3v) is 6.54. The van der Waals surface area contributed by atoms with E-state index < -0.39 is 33.6 Å². The highest BCUT2D eigenvalue weighted by Gasteiger charge is 2.38. The van der Waals surface area contributed by atoms with E-state index in [0.717, 1.165) is 11.1 Å². The number of hydrogen-bond donors (Lipinski definition) is 6. The van der Waals surface area contributed by atoms with Crippen LogP contribution in [0.4, 0.5) is 18.9 Å². The molecule has 3 aromatic rings. The smallest absolute Gasteiger partial charge is 0.475 e. The number of alkyl halides is 3. The second-order valence-corrected chi connectivity index (χ2v) is 9.98. The van der Waals surface area contributed by atoms with Crippen LogP contribution in [0.15, 0.2) is 76.4 Å². The normalized spacial score (nSPS) is 11.0. The summed E-state index contributed by atoms with van der Waals surface area (Å²) in [5.74, 6) is -3.60. The van der Waals surface area contributed by atoms with Gasteiger partial charge in [0.25, 0.3) is 15.6 Å². The van der Waals surface area contributed by atoms with E-state index in [2.05, 4.69) is 15.5 Å². The van der Waals surface area contributed by atoms with Crippen LogP contribution in [0.1, 0.15) is 5.69 Å². The molecule has 1 aromatic heterocycles. The molecule has 17 heteroatoms. The van der Waals surface area contributed by atoms with Crippen LogP contribution in [0.2, 0.25) is 0 Å². The summed E-state index contributed by atoms with van der Waals surface area (Å²) in [6.07, 6.45) is -5.08. The standard InChI is InChI=1S/C23H26N6O5S.C2HF3O2/c1-16-7-12-20(22(31)29(16)15-21(30)26-13-14-34-27-23(24)25)28-35(32,33)19-10-8-18(9-11-19)17-5-3-2-4-6-17;3-2(4,5)1(6)7/h2-12,28H,13-15H2,1H3,(H,26,30)(H4,24,25,27);(H,6,7). The van der Waals surface area contributed by atoms with Gasteiger partial charge in [0.05, 0.1) is 11.5 Å². The Labute approximate surface area is 237 Å². The van der Waals surface area contributed by atoms with Crippen molar-refractivity contribution in [1.29, 1.82) is 5.41 Å². The highest BCUT2D eigenvalue weighted by atomic mass is 32.2. The third kappa shape index (κ3) is 10.3. The van der Waals surface area contributed by atoms with E-state index in [1.807, 2.05) is 30.3 Å². The van der Waals surface area contributed by atoms with Crippen molar-refractivity contribution in [2.45, 2.75) is 24.5 Å². The van der Waals surface area contributed by atoms with Crippen LogP contribution in [-0.2, 0) is 31.0 Å². The van der Waals surface area contributed by atoms with E-state index in [9.17, 15) is 31.2 Å². The molecule has 42 heavy (non-hydrogen) atoms. The molecule has 0 saturated carbocycles. The summed E-state index contributed by atoms with van der Waals surface area (Å²) in [4.78, 5) is 38.9. The van der Waals surface area contributed by atoms with Gasteiger partial charge in [-0.2, -0.15) is 13.2 Å². The minimum absolute atomic E-state index is 0.000574. The quantitative estimate of drug-likeness (QED) is 0.0853. The average Bonchev–Trinajstić information content (AvgIpc) is 2.92. The number of carbonyl (C=O) groups excluding carboxylic acids is 1. The monoisotopic (exact) mass is 612 g/mol. The first-order chi connectivity index (χ1) is 19.6. The largest absolute Gasteiger partial charge is 0.490 e. The van der Waals surface area contributed by atoms with Crippen molar-refractivity contribution in [2.24, 2.45) is 5.73 Å². The third-order valence-electron chi connectivity index (χ3n) is 5.16. The lowest BCUT2D eigenvalue weighted by Crippen LogP contribution is -2.37. The molecule has 1 amide bonds. The average molecular weight is 613 g/mol. The van der Waals surface area contributed by atoms with Crippen molar-refractivity contribution in [3.8, 4) is 11.1 Å². The lowest BCUT2D eigenvalue weighted by molar-refractivity contribution is -0.192. The van der Waals surface area contributed by atoms with Crippen molar-refractivity contribution >= 4 is 33.5 Å². The number of carbonyl (C=O) groups is 2. The molecule has 2 aromatic carbocycles. The first-order valence-corrected chi connectivity index (χ1v) is 13.3. The van der Waals surface area contributed by atoms with Crippen molar-refractivity contribution in [1.82, 2.24) is 15.4 Å². The molecule has 0 fully saturated rings. The van der Waals surface area contributed by atoms with Crippen LogP contribution in [0.5, 0.6) is 0 Å². The number of pyridine rings is 1. The molecule has 0 spiro atoms. The summed E-state index contributed by atoms with van der Waals surface area (Å²) in [6.45, 7) is 1.47. The number of guanidine groups is 1. The predicted octanol–water partition coefficient (Wildman–Crippen LogP) is 1.79. The van der Waals surface area contributed by atoms with E-state index in [0.29, 0.717) is 5.69 Å². The first kappa shape index (κ1) is 33.3. The summed E-state index contributed by atoms with van der Waals surface area (Å²) in [6, 6.07) is 18.7. The number of benzene rings is 2. The number of sulfonamides is 1. The molecule has 226 valence electrons. The van der Waals surface area contributed by atoms with Gasteiger partial charge in [-0.1, -0.05) is 42.5 Å². The highest BCUT2D eigenvalue weighted by Crippen LogP contribution is 2.22. The number of carboxylic acids is 1. The van der Waals surface area contributed by atoms with Gasteiger partial charge in [0.15, 0.2) is 0 Å². The number of aromatic nitrogens is 1. The molecule has 0 bridgehead atoms. The molecule has 0 unspecified atom stereocenters. The van der Waals surface area contributed by atoms with Gasteiger partial charge in [0, 0.05) is 12.2 Å². The van der Waals surface area contributed by atoms with Crippen molar-refractivity contribution in [2.75, 3.05) is 17.9 Å². The fourth-order valence-electron chi connectivity index (χ4n) is 3.18. The molecule has 0 atom stereocenters. The summed E-state index contributed by atoms with van der Waals surface area (Å²) < 4.78 is 61.0. The Kier molecular flexibility index (Phi) is 11.6. The Hall–Kier alpha value is -4.90. The second-order valence-electron chi connectivity index (χ2n) is 8.29. The zero-order valence-electron chi connectivity index (χ0n) is 21.9. The van der Waals surface area contributed by atoms with E-state index >= 15 is 0 Å². The number of anilines is 1. The number of rotatable bonds is 10. The van der Waals surface area contributed by atoms with Gasteiger partial charge in [-0.15, -0.1) is 0 Å². The van der Waals surface area contributed by atoms with Crippen molar-refractivity contribution in [3.63, 3.8) is 0 Å². The van der Waals surface area contributed by atoms with E-state index in [-0.39, 0.29) is 36.2 Å². The number of nitrogens with two attached hydrogens (primary N) is 1. The summed E-state index contributed by atoms with van der Waals surface area (Å²) in [5.41, 5.74) is 8.66. The molecule has 0 saturated heterocycles. The zero-order chi connectivity index (χ0) is 31.5. The first-order valence-electron chi connectivity index (χ1n) is 11.8. The molecular weight excluding hydrogens is 585 g/mol. The predicted molar refractivity (Wildman–Crippen MR) is 146 cm³/mol. The van der Waals surface area contributed by atoms with Gasteiger partial charge < -0.3 is 20.7 Å². The van der Waals surface area contributed by atoms with Crippen molar-refractivity contribution in [3.05, 3.63) is 82.8 Å². The number of aliphatic carboxylic acids is 1. The molecule has 7 N–H and O–H groups in total. The maximum absolute atomic E-state index is 12.9. The zero-order valence-corrected chi connectivity index (χ0v) is 22.8. The second kappa shape index (κ2) is 14.6. The molecule has 3 rings (SSSR count). The van der Waals surface area contributed by atoms with Crippen LogP contribution >= 0.6 is 0 Å². The van der Waals surface area contributed by atoms with Crippen LogP contribution < -0.4 is 26.8 Å². The Morgan fingerprint density at radius 1 is 1.02 bits per heavy atom. The number of nitrogens with zero attached hydrogens (tertiary/aromatic N) is 1. The van der Waals surface area contributed by atoms with Crippen LogP contribution in [0.3, 0.4) is 0 Å². The molecule has 0 aliphatic carbocycles. The Balaban J connectivity index is 0.000000782. The number of hydrogen-bond acceptors (Lipinski definition) is 7. The van der Waals surface area contributed by atoms with Gasteiger partial charge in [0.1, 0.15) is 12.2 Å². The number of amides is 1. The van der Waals surface area contributed by atoms with Crippen molar-refractivity contribution < 1.29 is 41.1 Å². The van der Waals surface area contributed by atoms with Gasteiger partial charge in [-0.25, -0.2) is 18.7 Å². The van der Waals surface area contributed by atoms with E-state index in [4.69, 9.17) is 25.9 Å². The lowest BCUT2D eigenvalue weighted by atomic mass is 10.1. The maximum Gasteiger partial charge on any atom is 0.490 e. The molecular formula is C25H27F3N6O7S. The molecule has 0 aliphatic heterocycles. The summed E-state index contributed by atoms with van der Waals surface area (Å²) >= 11 is 0. The van der Waals surface area contributed by atoms with Crippen LogP contribution in [-0.4, -0.2) is 55.3 Å². The summed E-state index contributed by atoms with van der Waals surface area (Å²) in [5, 5.41) is 16.6. The molecule has 0 aliphatic rings. The number of nitrogens with one attached hydrogen (secondary N) is 4. The number of hydroxylamine groups is 1. The lowest BCUT2D eigenvalue weighted by Gasteiger charge is -2.14. The SMILES string of the molecule is Cc1ccc(NS(=O)(=O)c2ccc(-c3ccccc3)cc2)c(=O)n1CC(=O)NCCONC(=N)N.O=C(O)C(F)(F)F. The molecule has 13 nitrogen and oxygen atoms in total. The van der Waals surface area contributed by atoms with Gasteiger partial charge in [-0.3, -0.25) is 24.6 Å². The Morgan fingerprint density at radius 3 is 2.14 bits per heavy atom. The molecule has 0 radical (unpaired) electrons. The fraction of sp³-hybridized carbons (Fsp3) is 0.200. The fourth-order valence-corrected chi connectivity index (χ4v) is 4.23. The highest BCUT2D eigenvalue weighted by molar-refractivity contribution is 7.92. The topological polar surface area (TPSA) is 206 Å².